The molecule has 3 rings (SSSR count). The van der Waals surface area contributed by atoms with E-state index in [0.717, 1.165) is 12.1 Å². The fourth-order valence-electron chi connectivity index (χ4n) is 3.75. The van der Waals surface area contributed by atoms with Crippen molar-refractivity contribution in [2.75, 3.05) is 7.11 Å². The first-order valence-electron chi connectivity index (χ1n) is 10.3. The van der Waals surface area contributed by atoms with Crippen molar-refractivity contribution in [3.8, 4) is 11.6 Å². The zero-order valence-electron chi connectivity index (χ0n) is 19.1. The van der Waals surface area contributed by atoms with Crippen molar-refractivity contribution in [1.29, 1.82) is 0 Å². The molecule has 1 unspecified atom stereocenters. The molecule has 1 amide bonds. The summed E-state index contributed by atoms with van der Waals surface area (Å²) in [6.45, 7) is 2.86. The van der Waals surface area contributed by atoms with Crippen molar-refractivity contribution >= 4 is 28.9 Å². The zero-order valence-corrected chi connectivity index (χ0v) is 19.1. The number of aliphatic hydroxyl groups is 1. The number of ether oxygens (including phenoxy) is 2. The van der Waals surface area contributed by atoms with E-state index in [1.54, 1.807) is 12.1 Å². The predicted molar refractivity (Wildman–Crippen MR) is 122 cm³/mol. The molecule has 0 spiro atoms. The second-order valence-corrected chi connectivity index (χ2v) is 8.50. The minimum Gasteiger partial charge on any atom is -0.496 e. The number of halogens is 4. The number of nitrogens with zero attached hydrogens (tertiary/aromatic N) is 2. The number of para-hydroxylation sites is 1. The second-order valence-electron chi connectivity index (χ2n) is 8.50. The first-order chi connectivity index (χ1) is 16.3. The highest BCUT2D eigenvalue weighted by Crippen LogP contribution is 2.43. The monoisotopic (exact) mass is 493 g/mol. The SMILES string of the molecule is COc1ccc(F)cc1C(C)(C)CC(O)(C=Nc1cccc2ccc(OC(N)=O)nc12)C(F)(F)F. The molecule has 7 nitrogen and oxygen atoms in total. The third-order valence-corrected chi connectivity index (χ3v) is 5.39. The highest BCUT2D eigenvalue weighted by atomic mass is 19.4. The molecule has 2 aromatic carbocycles. The predicted octanol–water partition coefficient (Wildman–Crippen LogP) is 5.20. The second kappa shape index (κ2) is 9.49. The molecule has 186 valence electrons. The topological polar surface area (TPSA) is 107 Å². The van der Waals surface area contributed by atoms with Gasteiger partial charge < -0.3 is 20.3 Å². The Kier molecular flexibility index (Phi) is 7.02. The minimum atomic E-state index is -5.12. The summed E-state index contributed by atoms with van der Waals surface area (Å²) in [6.07, 6.45) is -6.73. The number of pyridine rings is 1. The number of fused-ring (bicyclic) bond motifs is 1. The quantitative estimate of drug-likeness (QED) is 0.347. The minimum absolute atomic E-state index is 0.0127. The van der Waals surface area contributed by atoms with Crippen LogP contribution in [0, 0.1) is 5.82 Å². The van der Waals surface area contributed by atoms with Crippen LogP contribution in [0.2, 0.25) is 0 Å². The number of carbonyl (C=O) groups excluding carboxylic acids is 1. The lowest BCUT2D eigenvalue weighted by Gasteiger charge is -2.36. The largest absolute Gasteiger partial charge is 0.496 e. The van der Waals surface area contributed by atoms with Crippen molar-refractivity contribution in [3.63, 3.8) is 0 Å². The maximum Gasteiger partial charge on any atom is 0.422 e. The molecule has 1 heterocycles. The number of hydrogen-bond donors (Lipinski definition) is 2. The van der Waals surface area contributed by atoms with Crippen molar-refractivity contribution in [2.24, 2.45) is 10.7 Å². The summed E-state index contributed by atoms with van der Waals surface area (Å²) in [5, 5.41) is 11.3. The van der Waals surface area contributed by atoms with E-state index in [4.69, 9.17) is 15.2 Å². The van der Waals surface area contributed by atoms with Crippen LogP contribution < -0.4 is 15.2 Å². The molecule has 0 saturated heterocycles. The summed E-state index contributed by atoms with van der Waals surface area (Å²) in [5.74, 6) is -0.648. The summed E-state index contributed by atoms with van der Waals surface area (Å²) in [6, 6.07) is 10.9. The number of alkyl halides is 3. The van der Waals surface area contributed by atoms with Gasteiger partial charge >= 0.3 is 12.3 Å². The summed E-state index contributed by atoms with van der Waals surface area (Å²) in [5.41, 5.74) is 0.468. The van der Waals surface area contributed by atoms with Gasteiger partial charge in [-0.3, -0.25) is 4.99 Å². The zero-order chi connectivity index (χ0) is 26.0. The smallest absolute Gasteiger partial charge is 0.422 e. The van der Waals surface area contributed by atoms with Crippen LogP contribution in [0.15, 0.2) is 53.5 Å². The summed E-state index contributed by atoms with van der Waals surface area (Å²) in [7, 11) is 1.31. The lowest BCUT2D eigenvalue weighted by atomic mass is 9.74. The van der Waals surface area contributed by atoms with Gasteiger partial charge in [0, 0.05) is 23.2 Å². The highest BCUT2D eigenvalue weighted by Gasteiger charge is 2.55. The van der Waals surface area contributed by atoms with Crippen LogP contribution in [0.3, 0.4) is 0 Å². The Hall–Kier alpha value is -3.73. The van der Waals surface area contributed by atoms with Gasteiger partial charge in [0.2, 0.25) is 5.88 Å². The Bertz CT molecular complexity index is 1280. The molecule has 11 heteroatoms. The van der Waals surface area contributed by atoms with E-state index in [0.29, 0.717) is 11.6 Å². The van der Waals surface area contributed by atoms with Crippen molar-refractivity contribution in [2.45, 2.75) is 37.5 Å². The lowest BCUT2D eigenvalue weighted by molar-refractivity contribution is -0.234. The number of aromatic nitrogens is 1. The van der Waals surface area contributed by atoms with E-state index in [9.17, 15) is 27.5 Å². The number of methoxy groups -OCH3 is 1. The first kappa shape index (κ1) is 25.9. The molecule has 0 aliphatic rings. The number of benzene rings is 2. The van der Waals surface area contributed by atoms with Gasteiger partial charge in [-0.1, -0.05) is 26.0 Å². The van der Waals surface area contributed by atoms with E-state index in [1.807, 2.05) is 0 Å². The van der Waals surface area contributed by atoms with E-state index in [-0.39, 0.29) is 28.4 Å². The average Bonchev–Trinajstić information content (AvgIpc) is 2.76. The van der Waals surface area contributed by atoms with Gasteiger partial charge in [0.25, 0.3) is 0 Å². The van der Waals surface area contributed by atoms with Gasteiger partial charge in [-0.25, -0.2) is 14.2 Å². The number of hydrogen-bond acceptors (Lipinski definition) is 6. The van der Waals surface area contributed by atoms with Crippen molar-refractivity contribution < 1.29 is 36.9 Å². The van der Waals surface area contributed by atoms with E-state index in [2.05, 4.69) is 9.98 Å². The molecule has 1 atom stereocenters. The van der Waals surface area contributed by atoms with Crippen LogP contribution in [0.1, 0.15) is 25.8 Å². The van der Waals surface area contributed by atoms with Gasteiger partial charge in [-0.2, -0.15) is 13.2 Å². The van der Waals surface area contributed by atoms with E-state index >= 15 is 0 Å². The summed E-state index contributed by atoms with van der Waals surface area (Å²) < 4.78 is 66.1. The number of amides is 1. The normalized spacial score (nSPS) is 14.2. The molecule has 0 fully saturated rings. The molecule has 0 radical (unpaired) electrons. The fraction of sp³-hybridized carbons (Fsp3) is 0.292. The molecule has 35 heavy (non-hydrogen) atoms. The number of rotatable bonds is 7. The third-order valence-electron chi connectivity index (χ3n) is 5.39. The number of nitrogens with two attached hydrogens (primary N) is 1. The van der Waals surface area contributed by atoms with Crippen LogP contribution >= 0.6 is 0 Å². The maximum atomic E-state index is 14.1. The Morgan fingerprint density at radius 3 is 2.51 bits per heavy atom. The fourth-order valence-corrected chi connectivity index (χ4v) is 3.75. The van der Waals surface area contributed by atoms with Crippen molar-refractivity contribution in [3.05, 3.63) is 59.9 Å². The standard InChI is InChI=1S/C24H23F4N3O4/c1-22(2,16-11-15(25)8-9-18(16)34-3)12-23(33,24(26,27)28)13-30-17-6-4-5-14-7-10-19(31-20(14)17)35-21(29)32/h4-11,13,33H,12H2,1-3H3,(H2,29,32). The maximum absolute atomic E-state index is 14.1. The van der Waals surface area contributed by atoms with Crippen LogP contribution in [0.25, 0.3) is 10.9 Å². The van der Waals surface area contributed by atoms with E-state index < -0.39 is 35.5 Å². The molecule has 0 aliphatic heterocycles. The summed E-state index contributed by atoms with van der Waals surface area (Å²) in [4.78, 5) is 19.0. The average molecular weight is 493 g/mol. The van der Waals surface area contributed by atoms with Gasteiger partial charge in [0.15, 0.2) is 5.60 Å². The Morgan fingerprint density at radius 1 is 1.17 bits per heavy atom. The molecule has 1 aromatic heterocycles. The number of aliphatic imine (C=N–C) groups is 1. The van der Waals surface area contributed by atoms with E-state index in [1.165, 1.54) is 45.2 Å². The van der Waals surface area contributed by atoms with Gasteiger partial charge in [0.05, 0.1) is 18.3 Å². The molecule has 0 aliphatic carbocycles. The van der Waals surface area contributed by atoms with Crippen LogP contribution in [0.4, 0.5) is 28.0 Å². The summed E-state index contributed by atoms with van der Waals surface area (Å²) >= 11 is 0. The molecular weight excluding hydrogens is 470 g/mol. The lowest BCUT2D eigenvalue weighted by Crippen LogP contribution is -2.50. The van der Waals surface area contributed by atoms with Crippen LogP contribution in [-0.4, -0.2) is 41.3 Å². The first-order valence-corrected chi connectivity index (χ1v) is 10.3. The molecule has 3 N–H and O–H groups in total. The molecule has 3 aromatic rings. The van der Waals surface area contributed by atoms with Crippen LogP contribution in [0.5, 0.6) is 11.6 Å². The molecule has 0 bridgehead atoms. The molecule has 0 saturated carbocycles. The number of carbonyl (C=O) groups is 1. The van der Waals surface area contributed by atoms with Crippen LogP contribution in [-0.2, 0) is 5.41 Å². The third kappa shape index (κ3) is 5.68. The highest BCUT2D eigenvalue weighted by molar-refractivity contribution is 5.91. The molecular formula is C24H23F4N3O4. The Labute approximate surface area is 198 Å². The Morgan fingerprint density at radius 2 is 1.89 bits per heavy atom. The number of primary amides is 1. The van der Waals surface area contributed by atoms with Gasteiger partial charge in [-0.05, 0) is 42.2 Å². The van der Waals surface area contributed by atoms with Crippen molar-refractivity contribution in [1.82, 2.24) is 4.98 Å². The van der Waals surface area contributed by atoms with Gasteiger partial charge in [0.1, 0.15) is 11.6 Å². The Balaban J connectivity index is 2.05. The van der Waals surface area contributed by atoms with Gasteiger partial charge in [-0.15, -0.1) is 0 Å².